The van der Waals surface area contributed by atoms with Gasteiger partial charge in [-0.3, -0.25) is 4.79 Å². The highest BCUT2D eigenvalue weighted by Gasteiger charge is 2.29. The summed E-state index contributed by atoms with van der Waals surface area (Å²) in [6.07, 6.45) is 3.63. The van der Waals surface area contributed by atoms with Crippen LogP contribution in [-0.2, 0) is 7.05 Å². The Morgan fingerprint density at radius 1 is 1.50 bits per heavy atom. The van der Waals surface area contributed by atoms with Gasteiger partial charge in [0.1, 0.15) is 12.2 Å². The third-order valence-corrected chi connectivity index (χ3v) is 3.81. The van der Waals surface area contributed by atoms with Crippen LogP contribution in [0.2, 0.25) is 5.22 Å². The molecule has 1 aliphatic rings. The van der Waals surface area contributed by atoms with E-state index in [0.29, 0.717) is 6.54 Å². The number of aromatic nitrogens is 3. The van der Waals surface area contributed by atoms with Crippen LogP contribution >= 0.6 is 11.6 Å². The minimum atomic E-state index is -0.122. The number of likely N-dealkylation sites (tertiary alicyclic amines) is 1. The fourth-order valence-electron chi connectivity index (χ4n) is 2.62. The first kappa shape index (κ1) is 13.2. The second-order valence-electron chi connectivity index (χ2n) is 4.99. The number of carbonyl (C=O) groups excluding carboxylic acids is 1. The van der Waals surface area contributed by atoms with Gasteiger partial charge in [0.25, 0.3) is 5.91 Å². The number of furan rings is 1. The maximum Gasteiger partial charge on any atom is 0.289 e. The summed E-state index contributed by atoms with van der Waals surface area (Å²) in [5.74, 6) is 1.29. The minimum Gasteiger partial charge on any atom is -0.440 e. The lowest BCUT2D eigenvalue weighted by Gasteiger charge is -2.31. The van der Waals surface area contributed by atoms with Crippen LogP contribution in [0.1, 0.15) is 35.1 Å². The zero-order chi connectivity index (χ0) is 14.1. The van der Waals surface area contributed by atoms with Gasteiger partial charge in [0.2, 0.25) is 0 Å². The van der Waals surface area contributed by atoms with E-state index in [1.54, 1.807) is 23.4 Å². The van der Waals surface area contributed by atoms with E-state index in [2.05, 4.69) is 10.2 Å². The first-order valence-corrected chi connectivity index (χ1v) is 6.91. The molecule has 1 atom stereocenters. The zero-order valence-electron chi connectivity index (χ0n) is 11.1. The largest absolute Gasteiger partial charge is 0.440 e. The van der Waals surface area contributed by atoms with Crippen LogP contribution in [0.15, 0.2) is 22.9 Å². The number of aryl methyl sites for hydroxylation is 1. The van der Waals surface area contributed by atoms with Crippen LogP contribution in [0.4, 0.5) is 0 Å². The normalized spacial score (nSPS) is 19.3. The van der Waals surface area contributed by atoms with E-state index in [-0.39, 0.29) is 22.8 Å². The molecule has 106 valence electrons. The maximum atomic E-state index is 12.3. The fourth-order valence-corrected chi connectivity index (χ4v) is 2.77. The monoisotopic (exact) mass is 294 g/mol. The predicted molar refractivity (Wildman–Crippen MR) is 72.6 cm³/mol. The standard InChI is InChI=1S/C13H15ClN4O2/c1-17-8-15-16-12(17)9-3-2-6-18(7-9)13(19)10-4-5-11(14)20-10/h4-5,8-9H,2-3,6-7H2,1H3/t9-/m1/s1. The Hall–Kier alpha value is -1.82. The number of rotatable bonds is 2. The molecule has 0 saturated carbocycles. The van der Waals surface area contributed by atoms with Gasteiger partial charge >= 0.3 is 0 Å². The van der Waals surface area contributed by atoms with Gasteiger partial charge < -0.3 is 13.9 Å². The van der Waals surface area contributed by atoms with Crippen molar-refractivity contribution in [2.75, 3.05) is 13.1 Å². The molecule has 20 heavy (non-hydrogen) atoms. The molecule has 0 aromatic carbocycles. The number of halogens is 1. The molecule has 1 aliphatic heterocycles. The molecule has 0 spiro atoms. The molecule has 0 aliphatic carbocycles. The highest BCUT2D eigenvalue weighted by molar-refractivity contribution is 6.29. The Morgan fingerprint density at radius 2 is 2.35 bits per heavy atom. The summed E-state index contributed by atoms with van der Waals surface area (Å²) in [5.41, 5.74) is 0. The molecule has 1 saturated heterocycles. The lowest BCUT2D eigenvalue weighted by Crippen LogP contribution is -2.39. The van der Waals surface area contributed by atoms with E-state index in [0.717, 1.165) is 25.2 Å². The Bertz CT molecular complexity index is 621. The smallest absolute Gasteiger partial charge is 0.289 e. The Labute approximate surface area is 121 Å². The fraction of sp³-hybridized carbons (Fsp3) is 0.462. The molecule has 2 aromatic heterocycles. The average Bonchev–Trinajstić information content (AvgIpc) is 3.07. The average molecular weight is 295 g/mol. The van der Waals surface area contributed by atoms with E-state index in [1.807, 2.05) is 11.6 Å². The SMILES string of the molecule is Cn1cnnc1[C@@H]1CCCN(C(=O)c2ccc(Cl)o2)C1. The third-order valence-electron chi connectivity index (χ3n) is 3.60. The number of amides is 1. The lowest BCUT2D eigenvalue weighted by molar-refractivity contribution is 0.0671. The van der Waals surface area contributed by atoms with Gasteiger partial charge in [-0.2, -0.15) is 0 Å². The molecule has 3 rings (SSSR count). The molecule has 3 heterocycles. The van der Waals surface area contributed by atoms with Crippen molar-refractivity contribution in [3.8, 4) is 0 Å². The van der Waals surface area contributed by atoms with Gasteiger partial charge in [0, 0.05) is 26.1 Å². The van der Waals surface area contributed by atoms with Crippen molar-refractivity contribution in [1.82, 2.24) is 19.7 Å². The number of nitrogens with zero attached hydrogens (tertiary/aromatic N) is 4. The van der Waals surface area contributed by atoms with Crippen molar-refractivity contribution in [1.29, 1.82) is 0 Å². The van der Waals surface area contributed by atoms with Crippen LogP contribution in [0.25, 0.3) is 0 Å². The molecule has 7 heteroatoms. The van der Waals surface area contributed by atoms with Crippen molar-refractivity contribution >= 4 is 17.5 Å². The van der Waals surface area contributed by atoms with Gasteiger partial charge in [-0.05, 0) is 36.6 Å². The van der Waals surface area contributed by atoms with Crippen LogP contribution < -0.4 is 0 Å². The molecule has 0 unspecified atom stereocenters. The number of piperidine rings is 1. The molecule has 0 N–H and O–H groups in total. The van der Waals surface area contributed by atoms with Crippen molar-refractivity contribution in [3.63, 3.8) is 0 Å². The Balaban J connectivity index is 1.75. The molecular formula is C13H15ClN4O2. The van der Waals surface area contributed by atoms with Crippen molar-refractivity contribution in [2.24, 2.45) is 7.05 Å². The molecule has 0 radical (unpaired) electrons. The summed E-state index contributed by atoms with van der Waals surface area (Å²) in [4.78, 5) is 14.1. The van der Waals surface area contributed by atoms with Gasteiger partial charge in [-0.25, -0.2) is 0 Å². The first-order chi connectivity index (χ1) is 9.65. The molecule has 1 fully saturated rings. The van der Waals surface area contributed by atoms with Crippen molar-refractivity contribution < 1.29 is 9.21 Å². The zero-order valence-corrected chi connectivity index (χ0v) is 11.9. The van der Waals surface area contributed by atoms with E-state index >= 15 is 0 Å². The molecule has 1 amide bonds. The van der Waals surface area contributed by atoms with Gasteiger partial charge in [0.05, 0.1) is 0 Å². The second-order valence-corrected chi connectivity index (χ2v) is 5.37. The summed E-state index contributed by atoms with van der Waals surface area (Å²) < 4.78 is 7.09. The summed E-state index contributed by atoms with van der Waals surface area (Å²) >= 11 is 5.72. The van der Waals surface area contributed by atoms with Crippen LogP contribution in [-0.4, -0.2) is 38.7 Å². The van der Waals surface area contributed by atoms with E-state index in [4.69, 9.17) is 16.0 Å². The summed E-state index contributed by atoms with van der Waals surface area (Å²) in [6, 6.07) is 3.19. The highest BCUT2D eigenvalue weighted by Crippen LogP contribution is 2.26. The topological polar surface area (TPSA) is 64.2 Å². The molecule has 2 aromatic rings. The van der Waals surface area contributed by atoms with Crippen LogP contribution in [0, 0.1) is 0 Å². The highest BCUT2D eigenvalue weighted by atomic mass is 35.5. The summed E-state index contributed by atoms with van der Waals surface area (Å²) in [5, 5.41) is 8.27. The maximum absolute atomic E-state index is 12.3. The minimum absolute atomic E-state index is 0.122. The molecule has 0 bridgehead atoms. The predicted octanol–water partition coefficient (Wildman–Crippen LogP) is 2.08. The number of hydrogen-bond acceptors (Lipinski definition) is 4. The molecule has 6 nitrogen and oxygen atoms in total. The van der Waals surface area contributed by atoms with Crippen LogP contribution in [0.3, 0.4) is 0 Å². The van der Waals surface area contributed by atoms with E-state index in [9.17, 15) is 4.79 Å². The van der Waals surface area contributed by atoms with E-state index < -0.39 is 0 Å². The van der Waals surface area contributed by atoms with Gasteiger partial charge in [-0.15, -0.1) is 10.2 Å². The van der Waals surface area contributed by atoms with Crippen LogP contribution in [0.5, 0.6) is 0 Å². The second kappa shape index (κ2) is 5.28. The number of hydrogen-bond donors (Lipinski definition) is 0. The summed E-state index contributed by atoms with van der Waals surface area (Å²) in [7, 11) is 1.92. The van der Waals surface area contributed by atoms with Gasteiger partial charge in [0.15, 0.2) is 11.0 Å². The Morgan fingerprint density at radius 3 is 3.00 bits per heavy atom. The van der Waals surface area contributed by atoms with E-state index in [1.165, 1.54) is 0 Å². The van der Waals surface area contributed by atoms with Gasteiger partial charge in [-0.1, -0.05) is 0 Å². The third kappa shape index (κ3) is 2.43. The van der Waals surface area contributed by atoms with Crippen molar-refractivity contribution in [2.45, 2.75) is 18.8 Å². The quantitative estimate of drug-likeness (QED) is 0.850. The Kier molecular flexibility index (Phi) is 3.48. The number of carbonyl (C=O) groups is 1. The summed E-state index contributed by atoms with van der Waals surface area (Å²) in [6.45, 7) is 1.36. The molecular weight excluding hydrogens is 280 g/mol. The first-order valence-electron chi connectivity index (χ1n) is 6.53. The van der Waals surface area contributed by atoms with Crippen molar-refractivity contribution in [3.05, 3.63) is 35.3 Å². The lowest BCUT2D eigenvalue weighted by atomic mass is 9.97.